The Hall–Kier alpha value is -2.79. The maximum Gasteiger partial charge on any atom is 0.266 e. The van der Waals surface area contributed by atoms with E-state index in [0.29, 0.717) is 0 Å². The third-order valence-corrected chi connectivity index (χ3v) is 6.26. The molecule has 0 N–H and O–H groups in total. The highest BCUT2D eigenvalue weighted by Gasteiger charge is 2.35. The second-order valence-corrected chi connectivity index (χ2v) is 9.61. The van der Waals surface area contributed by atoms with E-state index < -0.39 is 0 Å². The summed E-state index contributed by atoms with van der Waals surface area (Å²) in [5.74, 6) is 0.0370. The number of para-hydroxylation sites is 1. The van der Waals surface area contributed by atoms with Gasteiger partial charge < -0.3 is 4.57 Å². The normalized spacial score (nSPS) is 17.3. The van der Waals surface area contributed by atoms with Gasteiger partial charge in [0.05, 0.1) is 4.91 Å². The maximum absolute atomic E-state index is 13.2. The average Bonchev–Trinajstić information content (AvgIpc) is 3.19. The lowest BCUT2D eigenvalue weighted by atomic mass is 10.1. The summed E-state index contributed by atoms with van der Waals surface area (Å²) in [5.41, 5.74) is 4.76. The standard InChI is InChI=1S/C26H29N3OS/c1-17(2)27-26-29(18(3)4)25(30)24(31-26)14-21-16-28(23-12-7-6-11-22(21)23)15-20-10-8-9-19(5)13-20/h6-14,16-18H,15H2,1-5H3/b24-14+,27-26?. The fourth-order valence-corrected chi connectivity index (χ4v) is 5.15. The molecule has 0 saturated carbocycles. The topological polar surface area (TPSA) is 37.6 Å². The Balaban J connectivity index is 1.75. The number of aryl methyl sites for hydroxylation is 1. The summed E-state index contributed by atoms with van der Waals surface area (Å²) in [6.45, 7) is 11.1. The number of amides is 1. The molecule has 0 spiro atoms. The number of hydrogen-bond donors (Lipinski definition) is 0. The second-order valence-electron chi connectivity index (χ2n) is 8.60. The minimum atomic E-state index is 0.0370. The highest BCUT2D eigenvalue weighted by Crippen LogP contribution is 2.36. The smallest absolute Gasteiger partial charge is 0.266 e. The van der Waals surface area contributed by atoms with Crippen LogP contribution in [0.2, 0.25) is 0 Å². The Labute approximate surface area is 188 Å². The number of fused-ring (bicyclic) bond motifs is 1. The fourth-order valence-electron chi connectivity index (χ4n) is 3.92. The Morgan fingerprint density at radius 2 is 1.84 bits per heavy atom. The Morgan fingerprint density at radius 1 is 1.06 bits per heavy atom. The lowest BCUT2D eigenvalue weighted by Crippen LogP contribution is -2.35. The summed E-state index contributed by atoms with van der Waals surface area (Å²) in [7, 11) is 0. The van der Waals surface area contributed by atoms with Crippen LogP contribution in [-0.2, 0) is 11.3 Å². The molecule has 1 saturated heterocycles. The molecular formula is C26H29N3OS. The zero-order chi connectivity index (χ0) is 22.1. The number of amidine groups is 1. The van der Waals surface area contributed by atoms with Crippen molar-refractivity contribution in [3.05, 3.63) is 76.3 Å². The molecule has 1 aliphatic heterocycles. The van der Waals surface area contributed by atoms with Gasteiger partial charge in [-0.2, -0.15) is 0 Å². The van der Waals surface area contributed by atoms with Crippen molar-refractivity contribution in [1.29, 1.82) is 0 Å². The number of thioether (sulfide) groups is 1. The van der Waals surface area contributed by atoms with Crippen molar-refractivity contribution < 1.29 is 4.79 Å². The van der Waals surface area contributed by atoms with Crippen LogP contribution in [0.3, 0.4) is 0 Å². The van der Waals surface area contributed by atoms with Gasteiger partial charge >= 0.3 is 0 Å². The first kappa shape index (κ1) is 21.4. The third-order valence-electron chi connectivity index (χ3n) is 5.26. The van der Waals surface area contributed by atoms with Crippen LogP contribution in [0.4, 0.5) is 0 Å². The van der Waals surface area contributed by atoms with E-state index in [9.17, 15) is 4.79 Å². The molecule has 4 rings (SSSR count). The first-order valence-corrected chi connectivity index (χ1v) is 11.6. The number of carbonyl (C=O) groups is 1. The number of aliphatic imine (C=N–C) groups is 1. The summed E-state index contributed by atoms with van der Waals surface area (Å²) in [5, 5.41) is 1.95. The van der Waals surface area contributed by atoms with Crippen LogP contribution >= 0.6 is 11.8 Å². The minimum Gasteiger partial charge on any atom is -0.342 e. The summed E-state index contributed by atoms with van der Waals surface area (Å²) in [4.78, 5) is 20.4. The molecule has 1 fully saturated rings. The van der Waals surface area contributed by atoms with Crippen LogP contribution in [0.1, 0.15) is 44.4 Å². The van der Waals surface area contributed by atoms with Crippen molar-refractivity contribution in [3.8, 4) is 0 Å². The van der Waals surface area contributed by atoms with Gasteiger partial charge in [0.1, 0.15) is 0 Å². The van der Waals surface area contributed by atoms with Crippen molar-refractivity contribution in [2.75, 3.05) is 0 Å². The van der Waals surface area contributed by atoms with Crippen molar-refractivity contribution in [2.24, 2.45) is 4.99 Å². The number of benzene rings is 2. The van der Waals surface area contributed by atoms with Crippen LogP contribution in [0.25, 0.3) is 17.0 Å². The van der Waals surface area contributed by atoms with E-state index in [2.05, 4.69) is 66.2 Å². The molecule has 4 nitrogen and oxygen atoms in total. The monoisotopic (exact) mass is 431 g/mol. The van der Waals surface area contributed by atoms with Crippen molar-refractivity contribution >= 4 is 39.8 Å². The first-order chi connectivity index (χ1) is 14.8. The molecular weight excluding hydrogens is 402 g/mol. The molecule has 2 aromatic carbocycles. The van der Waals surface area contributed by atoms with Gasteiger partial charge in [-0.15, -0.1) is 0 Å². The summed E-state index contributed by atoms with van der Waals surface area (Å²) in [6.07, 6.45) is 4.19. The van der Waals surface area contributed by atoms with Gasteiger partial charge in [0.2, 0.25) is 0 Å². The van der Waals surface area contributed by atoms with E-state index in [0.717, 1.165) is 27.6 Å². The number of nitrogens with zero attached hydrogens (tertiary/aromatic N) is 3. The van der Waals surface area contributed by atoms with Crippen LogP contribution in [0.15, 0.2) is 64.6 Å². The lowest BCUT2D eigenvalue weighted by Gasteiger charge is -2.20. The predicted octanol–water partition coefficient (Wildman–Crippen LogP) is 6.09. The second kappa shape index (κ2) is 8.75. The van der Waals surface area contributed by atoms with E-state index in [1.165, 1.54) is 28.4 Å². The van der Waals surface area contributed by atoms with Gasteiger partial charge in [-0.1, -0.05) is 48.0 Å². The molecule has 0 radical (unpaired) electrons. The number of hydrogen-bond acceptors (Lipinski definition) is 3. The van der Waals surface area contributed by atoms with Crippen LogP contribution in [0, 0.1) is 6.92 Å². The molecule has 3 aromatic rings. The number of carbonyl (C=O) groups excluding carboxylic acids is 1. The molecule has 0 bridgehead atoms. The molecule has 1 amide bonds. The Morgan fingerprint density at radius 3 is 2.55 bits per heavy atom. The Bertz CT molecular complexity index is 1190. The van der Waals surface area contributed by atoms with E-state index >= 15 is 0 Å². The quantitative estimate of drug-likeness (QED) is 0.459. The lowest BCUT2D eigenvalue weighted by molar-refractivity contribution is -0.123. The SMILES string of the molecule is Cc1cccc(Cn2cc(/C=C3/SC(=NC(C)C)N(C(C)C)C3=O)c3ccccc32)c1. The largest absolute Gasteiger partial charge is 0.342 e. The average molecular weight is 432 g/mol. The molecule has 1 aromatic heterocycles. The van der Waals surface area contributed by atoms with E-state index in [1.54, 1.807) is 0 Å². The summed E-state index contributed by atoms with van der Waals surface area (Å²) < 4.78 is 2.27. The van der Waals surface area contributed by atoms with Crippen LogP contribution < -0.4 is 0 Å². The van der Waals surface area contributed by atoms with Gasteiger partial charge in [0, 0.05) is 41.3 Å². The van der Waals surface area contributed by atoms with Crippen LogP contribution in [-0.4, -0.2) is 32.6 Å². The number of aromatic nitrogens is 1. The van der Waals surface area contributed by atoms with E-state index in [-0.39, 0.29) is 18.0 Å². The zero-order valence-corrected chi connectivity index (χ0v) is 19.6. The van der Waals surface area contributed by atoms with Gasteiger partial charge in [0.25, 0.3) is 5.91 Å². The molecule has 160 valence electrons. The molecule has 5 heteroatoms. The number of rotatable bonds is 5. The van der Waals surface area contributed by atoms with Gasteiger partial charge in [-0.05, 0) is 64.1 Å². The van der Waals surface area contributed by atoms with Gasteiger partial charge in [0.15, 0.2) is 5.17 Å². The zero-order valence-electron chi connectivity index (χ0n) is 18.8. The molecule has 0 unspecified atom stereocenters. The summed E-state index contributed by atoms with van der Waals surface area (Å²) >= 11 is 1.48. The molecule has 0 atom stereocenters. The van der Waals surface area contributed by atoms with Crippen LogP contribution in [0.5, 0.6) is 0 Å². The van der Waals surface area contributed by atoms with Crippen molar-refractivity contribution in [1.82, 2.24) is 9.47 Å². The van der Waals surface area contributed by atoms with Crippen molar-refractivity contribution in [3.63, 3.8) is 0 Å². The van der Waals surface area contributed by atoms with Crippen molar-refractivity contribution in [2.45, 2.75) is 53.2 Å². The predicted molar refractivity (Wildman–Crippen MR) is 132 cm³/mol. The fraction of sp³-hybridized carbons (Fsp3) is 0.308. The maximum atomic E-state index is 13.2. The minimum absolute atomic E-state index is 0.0370. The first-order valence-electron chi connectivity index (χ1n) is 10.8. The molecule has 0 aliphatic carbocycles. The van der Waals surface area contributed by atoms with E-state index in [4.69, 9.17) is 4.99 Å². The molecule has 1 aliphatic rings. The Kier molecular flexibility index (Phi) is 6.05. The third kappa shape index (κ3) is 4.47. The van der Waals surface area contributed by atoms with E-state index in [1.807, 2.05) is 38.7 Å². The highest BCUT2D eigenvalue weighted by molar-refractivity contribution is 8.18. The summed E-state index contributed by atoms with van der Waals surface area (Å²) in [6, 6.07) is 17.2. The highest BCUT2D eigenvalue weighted by atomic mass is 32.2. The van der Waals surface area contributed by atoms with Gasteiger partial charge in [-0.25, -0.2) is 0 Å². The molecule has 2 heterocycles. The molecule has 31 heavy (non-hydrogen) atoms. The van der Waals surface area contributed by atoms with Gasteiger partial charge in [-0.3, -0.25) is 14.7 Å².